The number of aromatic nitrogens is 1. The highest BCUT2D eigenvalue weighted by Crippen LogP contribution is 2.24. The van der Waals surface area contributed by atoms with E-state index in [4.69, 9.17) is 11.0 Å². The number of nitrogens with zero attached hydrogens (tertiary/aromatic N) is 2. The fourth-order valence-electron chi connectivity index (χ4n) is 2.56. The normalized spacial score (nSPS) is 17.8. The predicted octanol–water partition coefficient (Wildman–Crippen LogP) is 1.71. The van der Waals surface area contributed by atoms with Gasteiger partial charge in [-0.3, -0.25) is 4.98 Å². The second-order valence-corrected chi connectivity index (χ2v) is 7.39. The van der Waals surface area contributed by atoms with E-state index >= 15 is 0 Å². The highest BCUT2D eigenvalue weighted by atomic mass is 35.5. The van der Waals surface area contributed by atoms with Gasteiger partial charge in [-0.1, -0.05) is 25.7 Å². The SMILES string of the molecule is Cl.N#Cc1cncc(S(=O)(=O)NCC2(N)CCCCCC2)c1. The largest absolute Gasteiger partial charge is 0.324 e. The Bertz CT molecular complexity index is 634. The number of sulfonamides is 1. The molecule has 122 valence electrons. The molecule has 0 saturated heterocycles. The van der Waals surface area contributed by atoms with E-state index in [-0.39, 0.29) is 29.4 Å². The van der Waals surface area contributed by atoms with Gasteiger partial charge in [-0.05, 0) is 18.9 Å². The molecule has 0 amide bonds. The standard InChI is InChI=1S/C14H20N4O2S.ClH/c15-8-12-7-13(10-17-9-12)21(19,20)18-11-14(16)5-3-1-2-4-6-14;/h7,9-10,18H,1-6,11,16H2;1H. The first-order valence-corrected chi connectivity index (χ1v) is 8.57. The molecule has 1 saturated carbocycles. The van der Waals surface area contributed by atoms with Gasteiger partial charge in [-0.2, -0.15) is 5.26 Å². The third kappa shape index (κ3) is 4.92. The molecule has 1 aliphatic rings. The van der Waals surface area contributed by atoms with E-state index in [1.165, 1.54) is 18.5 Å². The van der Waals surface area contributed by atoms with Crippen molar-refractivity contribution in [2.45, 2.75) is 49.0 Å². The molecule has 2 rings (SSSR count). The number of nitrogens with two attached hydrogens (primary N) is 1. The van der Waals surface area contributed by atoms with Crippen LogP contribution in [0.3, 0.4) is 0 Å². The predicted molar refractivity (Wildman–Crippen MR) is 86.0 cm³/mol. The first-order chi connectivity index (χ1) is 9.95. The molecule has 1 fully saturated rings. The summed E-state index contributed by atoms with van der Waals surface area (Å²) < 4.78 is 27.1. The maximum Gasteiger partial charge on any atom is 0.242 e. The van der Waals surface area contributed by atoms with Crippen LogP contribution in [0.15, 0.2) is 23.4 Å². The highest BCUT2D eigenvalue weighted by molar-refractivity contribution is 7.89. The van der Waals surface area contributed by atoms with Gasteiger partial charge in [0.25, 0.3) is 0 Å². The Morgan fingerprint density at radius 2 is 1.91 bits per heavy atom. The molecule has 0 unspecified atom stereocenters. The summed E-state index contributed by atoms with van der Waals surface area (Å²) in [7, 11) is -3.69. The van der Waals surface area contributed by atoms with Crippen molar-refractivity contribution in [3.05, 3.63) is 24.0 Å². The van der Waals surface area contributed by atoms with Crippen molar-refractivity contribution < 1.29 is 8.42 Å². The van der Waals surface area contributed by atoms with Crippen molar-refractivity contribution in [3.63, 3.8) is 0 Å². The van der Waals surface area contributed by atoms with Gasteiger partial charge in [0.2, 0.25) is 10.0 Å². The molecule has 1 aromatic heterocycles. The monoisotopic (exact) mass is 344 g/mol. The molecule has 1 heterocycles. The second kappa shape index (κ2) is 7.88. The van der Waals surface area contributed by atoms with Gasteiger partial charge in [0, 0.05) is 24.5 Å². The Labute approximate surface area is 137 Å². The van der Waals surface area contributed by atoms with Crippen LogP contribution in [0.1, 0.15) is 44.1 Å². The maximum absolute atomic E-state index is 12.3. The molecule has 0 bridgehead atoms. The van der Waals surface area contributed by atoms with Gasteiger partial charge in [-0.15, -0.1) is 12.4 Å². The molecular formula is C14H21ClN4O2S. The number of rotatable bonds is 4. The van der Waals surface area contributed by atoms with E-state index in [0.717, 1.165) is 38.5 Å². The fourth-order valence-corrected chi connectivity index (χ4v) is 3.68. The minimum absolute atomic E-state index is 0. The number of hydrogen-bond acceptors (Lipinski definition) is 5. The van der Waals surface area contributed by atoms with Crippen LogP contribution < -0.4 is 10.5 Å². The van der Waals surface area contributed by atoms with Gasteiger partial charge >= 0.3 is 0 Å². The Kier molecular flexibility index (Phi) is 6.75. The number of nitriles is 1. The Balaban J connectivity index is 0.00000242. The molecular weight excluding hydrogens is 324 g/mol. The van der Waals surface area contributed by atoms with Crippen molar-refractivity contribution in [1.82, 2.24) is 9.71 Å². The summed E-state index contributed by atoms with van der Waals surface area (Å²) in [5, 5.41) is 8.81. The first-order valence-electron chi connectivity index (χ1n) is 7.09. The lowest BCUT2D eigenvalue weighted by atomic mass is 9.92. The van der Waals surface area contributed by atoms with E-state index in [9.17, 15) is 8.42 Å². The molecule has 0 radical (unpaired) electrons. The molecule has 1 aromatic rings. The van der Waals surface area contributed by atoms with Crippen molar-refractivity contribution in [1.29, 1.82) is 5.26 Å². The molecule has 1 aliphatic carbocycles. The first kappa shape index (κ1) is 18.8. The van der Waals surface area contributed by atoms with Crippen LogP contribution in [-0.4, -0.2) is 25.5 Å². The van der Waals surface area contributed by atoms with E-state index < -0.39 is 15.6 Å². The van der Waals surface area contributed by atoms with E-state index in [1.54, 1.807) is 0 Å². The van der Waals surface area contributed by atoms with Crippen LogP contribution >= 0.6 is 12.4 Å². The second-order valence-electron chi connectivity index (χ2n) is 5.62. The lowest BCUT2D eigenvalue weighted by molar-refractivity contribution is 0.369. The number of nitrogens with one attached hydrogen (secondary N) is 1. The lowest BCUT2D eigenvalue weighted by Gasteiger charge is -2.28. The van der Waals surface area contributed by atoms with Crippen molar-refractivity contribution in [2.75, 3.05) is 6.54 Å². The van der Waals surface area contributed by atoms with Crippen LogP contribution in [0.4, 0.5) is 0 Å². The minimum Gasteiger partial charge on any atom is -0.324 e. The van der Waals surface area contributed by atoms with E-state index in [0.29, 0.717) is 0 Å². The van der Waals surface area contributed by atoms with Crippen molar-refractivity contribution in [3.8, 4) is 6.07 Å². The smallest absolute Gasteiger partial charge is 0.242 e. The zero-order valence-corrected chi connectivity index (χ0v) is 13.9. The van der Waals surface area contributed by atoms with Gasteiger partial charge in [0.1, 0.15) is 11.0 Å². The topological polar surface area (TPSA) is 109 Å². The Hall–Kier alpha value is -1.20. The minimum atomic E-state index is -3.69. The zero-order chi connectivity index (χ0) is 15.3. The molecule has 0 atom stereocenters. The third-order valence-electron chi connectivity index (χ3n) is 3.87. The van der Waals surface area contributed by atoms with Crippen LogP contribution in [0.2, 0.25) is 0 Å². The summed E-state index contributed by atoms with van der Waals surface area (Å²) in [6, 6.07) is 3.19. The van der Waals surface area contributed by atoms with E-state index in [1.807, 2.05) is 6.07 Å². The number of pyridine rings is 1. The van der Waals surface area contributed by atoms with Crippen molar-refractivity contribution >= 4 is 22.4 Å². The zero-order valence-electron chi connectivity index (χ0n) is 12.3. The Morgan fingerprint density at radius 3 is 2.50 bits per heavy atom. The number of hydrogen-bond donors (Lipinski definition) is 2. The Morgan fingerprint density at radius 1 is 1.27 bits per heavy atom. The molecule has 3 N–H and O–H groups in total. The third-order valence-corrected chi connectivity index (χ3v) is 5.23. The quantitative estimate of drug-likeness (QED) is 0.808. The van der Waals surface area contributed by atoms with Crippen LogP contribution in [0.25, 0.3) is 0 Å². The average Bonchev–Trinajstić information content (AvgIpc) is 2.71. The molecule has 0 spiro atoms. The molecule has 0 aliphatic heterocycles. The molecule has 6 nitrogen and oxygen atoms in total. The maximum atomic E-state index is 12.3. The van der Waals surface area contributed by atoms with Crippen molar-refractivity contribution in [2.24, 2.45) is 5.73 Å². The van der Waals surface area contributed by atoms with Gasteiger partial charge in [-0.25, -0.2) is 13.1 Å². The number of halogens is 1. The van der Waals surface area contributed by atoms with Gasteiger partial charge in [0.05, 0.1) is 5.56 Å². The summed E-state index contributed by atoms with van der Waals surface area (Å²) in [6.07, 6.45) is 8.58. The summed E-state index contributed by atoms with van der Waals surface area (Å²) in [4.78, 5) is 3.77. The summed E-state index contributed by atoms with van der Waals surface area (Å²) in [6.45, 7) is 0.214. The molecule has 0 aromatic carbocycles. The molecule has 8 heteroatoms. The van der Waals surface area contributed by atoms with E-state index in [2.05, 4.69) is 9.71 Å². The highest BCUT2D eigenvalue weighted by Gasteiger charge is 2.28. The fraction of sp³-hybridized carbons (Fsp3) is 0.571. The summed E-state index contributed by atoms with van der Waals surface area (Å²) >= 11 is 0. The lowest BCUT2D eigenvalue weighted by Crippen LogP contribution is -2.49. The summed E-state index contributed by atoms with van der Waals surface area (Å²) in [5.74, 6) is 0. The van der Waals surface area contributed by atoms with Crippen LogP contribution in [0.5, 0.6) is 0 Å². The molecule has 22 heavy (non-hydrogen) atoms. The van der Waals surface area contributed by atoms with Crippen LogP contribution in [-0.2, 0) is 10.0 Å². The summed E-state index contributed by atoms with van der Waals surface area (Å²) in [5.41, 5.74) is 6.04. The van der Waals surface area contributed by atoms with Gasteiger partial charge < -0.3 is 5.73 Å². The average molecular weight is 345 g/mol. The van der Waals surface area contributed by atoms with Gasteiger partial charge in [0.15, 0.2) is 0 Å². The van der Waals surface area contributed by atoms with Crippen LogP contribution in [0, 0.1) is 11.3 Å².